The Balaban J connectivity index is 2.43. The van der Waals surface area contributed by atoms with Gasteiger partial charge in [0.15, 0.2) is 0 Å². The highest BCUT2D eigenvalue weighted by Crippen LogP contribution is 2.18. The van der Waals surface area contributed by atoms with Crippen molar-refractivity contribution in [2.24, 2.45) is 7.05 Å². The van der Waals surface area contributed by atoms with E-state index >= 15 is 0 Å². The zero-order valence-electron chi connectivity index (χ0n) is 11.1. The van der Waals surface area contributed by atoms with Crippen LogP contribution in [0.15, 0.2) is 17.2 Å². The van der Waals surface area contributed by atoms with Crippen LogP contribution >= 0.6 is 0 Å². The molecule has 0 saturated heterocycles. The largest absolute Gasteiger partial charge is 0.373 e. The van der Waals surface area contributed by atoms with E-state index in [2.05, 4.69) is 15.4 Å². The summed E-state index contributed by atoms with van der Waals surface area (Å²) in [6, 6.07) is 1.53. The summed E-state index contributed by atoms with van der Waals surface area (Å²) in [7, 11) is 3.72. The zero-order chi connectivity index (χ0) is 13.3. The third kappa shape index (κ3) is 2.13. The average Bonchev–Trinajstić information content (AvgIpc) is 2.57. The van der Waals surface area contributed by atoms with Crippen LogP contribution in [0.5, 0.6) is 0 Å². The molecular weight excluding hydrogens is 230 g/mol. The van der Waals surface area contributed by atoms with Crippen LogP contribution in [-0.4, -0.2) is 26.4 Å². The predicted molar refractivity (Wildman–Crippen MR) is 69.8 cm³/mol. The summed E-state index contributed by atoms with van der Waals surface area (Å²) >= 11 is 0. The molecule has 0 unspecified atom stereocenters. The van der Waals surface area contributed by atoms with Gasteiger partial charge in [-0.15, -0.1) is 0 Å². The fraction of sp³-hybridized carbons (Fsp3) is 0.417. The monoisotopic (exact) mass is 247 g/mol. The predicted octanol–water partition coefficient (Wildman–Crippen LogP) is 0.684. The molecule has 1 N–H and O–H groups in total. The summed E-state index contributed by atoms with van der Waals surface area (Å²) in [4.78, 5) is 16.0. The molecule has 0 amide bonds. The topological polar surface area (TPSA) is 64.7 Å². The second-order valence-corrected chi connectivity index (χ2v) is 4.28. The Kier molecular flexibility index (Phi) is 3.18. The normalized spacial score (nSPS) is 10.7. The van der Waals surface area contributed by atoms with Crippen LogP contribution in [0.4, 0.5) is 5.82 Å². The second-order valence-electron chi connectivity index (χ2n) is 4.28. The Labute approximate surface area is 105 Å². The molecule has 2 rings (SSSR count). The minimum Gasteiger partial charge on any atom is -0.373 e. The standard InChI is InChI=1S/C12H17N5O/c1-8-5-11(18)17(7-14-8)6-10-9(2)15-16(4)12(10)13-3/h5,7,13H,6H2,1-4H3. The van der Waals surface area contributed by atoms with Gasteiger partial charge in [-0.25, -0.2) is 4.98 Å². The first-order valence-electron chi connectivity index (χ1n) is 5.76. The van der Waals surface area contributed by atoms with Gasteiger partial charge in [-0.2, -0.15) is 5.10 Å². The fourth-order valence-corrected chi connectivity index (χ4v) is 2.01. The van der Waals surface area contributed by atoms with E-state index in [9.17, 15) is 4.79 Å². The second kappa shape index (κ2) is 4.64. The lowest BCUT2D eigenvalue weighted by atomic mass is 10.2. The Bertz CT molecular complexity index is 626. The minimum absolute atomic E-state index is 0.0483. The highest BCUT2D eigenvalue weighted by Gasteiger charge is 2.12. The van der Waals surface area contributed by atoms with Crippen molar-refractivity contribution in [2.45, 2.75) is 20.4 Å². The van der Waals surface area contributed by atoms with Crippen molar-refractivity contribution in [2.75, 3.05) is 12.4 Å². The summed E-state index contributed by atoms with van der Waals surface area (Å²) in [6.07, 6.45) is 1.57. The van der Waals surface area contributed by atoms with E-state index in [0.29, 0.717) is 6.54 Å². The summed E-state index contributed by atoms with van der Waals surface area (Å²) in [5.41, 5.74) is 2.60. The van der Waals surface area contributed by atoms with Gasteiger partial charge in [-0.3, -0.25) is 14.0 Å². The first-order chi connectivity index (χ1) is 8.52. The molecule has 6 heteroatoms. The number of nitrogens with one attached hydrogen (secondary N) is 1. The molecule has 18 heavy (non-hydrogen) atoms. The quantitative estimate of drug-likeness (QED) is 0.866. The third-order valence-electron chi connectivity index (χ3n) is 2.93. The Hall–Kier alpha value is -2.11. The number of aryl methyl sites for hydroxylation is 3. The van der Waals surface area contributed by atoms with Crippen LogP contribution in [0.2, 0.25) is 0 Å². The van der Waals surface area contributed by atoms with E-state index in [0.717, 1.165) is 22.8 Å². The van der Waals surface area contributed by atoms with Gasteiger partial charge >= 0.3 is 0 Å². The van der Waals surface area contributed by atoms with E-state index < -0.39 is 0 Å². The molecule has 0 bridgehead atoms. The number of anilines is 1. The van der Waals surface area contributed by atoms with Gasteiger partial charge in [0.25, 0.3) is 5.56 Å². The molecular formula is C12H17N5O. The van der Waals surface area contributed by atoms with Crippen molar-refractivity contribution in [3.8, 4) is 0 Å². The maximum atomic E-state index is 11.8. The summed E-state index contributed by atoms with van der Waals surface area (Å²) in [5, 5.41) is 7.44. The van der Waals surface area contributed by atoms with Gasteiger partial charge in [0.05, 0.1) is 18.6 Å². The highest BCUT2D eigenvalue weighted by molar-refractivity contribution is 5.47. The smallest absolute Gasteiger partial charge is 0.253 e. The van der Waals surface area contributed by atoms with Crippen LogP contribution in [-0.2, 0) is 13.6 Å². The van der Waals surface area contributed by atoms with E-state index in [1.54, 1.807) is 22.5 Å². The maximum absolute atomic E-state index is 11.8. The van der Waals surface area contributed by atoms with Crippen LogP contribution < -0.4 is 10.9 Å². The molecule has 0 spiro atoms. The highest BCUT2D eigenvalue weighted by atomic mass is 16.1. The van der Waals surface area contributed by atoms with Crippen LogP contribution in [0.1, 0.15) is 17.0 Å². The SMILES string of the molecule is CNc1c(Cn2cnc(C)cc2=O)c(C)nn1C. The van der Waals surface area contributed by atoms with Gasteiger partial charge in [0, 0.05) is 31.4 Å². The summed E-state index contributed by atoms with van der Waals surface area (Å²) < 4.78 is 3.36. The summed E-state index contributed by atoms with van der Waals surface area (Å²) in [5.74, 6) is 0.917. The van der Waals surface area contributed by atoms with Crippen molar-refractivity contribution in [1.82, 2.24) is 19.3 Å². The molecule has 0 saturated carbocycles. The van der Waals surface area contributed by atoms with Gasteiger partial charge < -0.3 is 5.32 Å². The van der Waals surface area contributed by atoms with Crippen LogP contribution in [0, 0.1) is 13.8 Å². The van der Waals surface area contributed by atoms with E-state index in [1.807, 2.05) is 21.0 Å². The zero-order valence-corrected chi connectivity index (χ0v) is 11.1. The van der Waals surface area contributed by atoms with E-state index in [1.165, 1.54) is 6.07 Å². The number of hydrogen-bond acceptors (Lipinski definition) is 4. The summed E-state index contributed by atoms with van der Waals surface area (Å²) in [6.45, 7) is 4.21. The molecule has 0 aliphatic rings. The van der Waals surface area contributed by atoms with Crippen molar-refractivity contribution in [3.05, 3.63) is 39.7 Å². The molecule has 96 valence electrons. The van der Waals surface area contributed by atoms with Gasteiger partial charge in [0.2, 0.25) is 0 Å². The first kappa shape index (κ1) is 12.3. The van der Waals surface area contributed by atoms with Gasteiger partial charge in [-0.05, 0) is 13.8 Å². The van der Waals surface area contributed by atoms with Crippen LogP contribution in [0.25, 0.3) is 0 Å². The molecule has 2 aromatic heterocycles. The average molecular weight is 247 g/mol. The molecule has 0 aromatic carbocycles. The van der Waals surface area contributed by atoms with E-state index in [4.69, 9.17) is 0 Å². The Morgan fingerprint density at radius 2 is 2.11 bits per heavy atom. The Morgan fingerprint density at radius 1 is 1.39 bits per heavy atom. The first-order valence-corrected chi connectivity index (χ1v) is 5.76. The fourth-order valence-electron chi connectivity index (χ4n) is 2.01. The number of rotatable bonds is 3. The Morgan fingerprint density at radius 3 is 2.72 bits per heavy atom. The van der Waals surface area contributed by atoms with E-state index in [-0.39, 0.29) is 5.56 Å². The molecule has 0 radical (unpaired) electrons. The molecule has 0 aliphatic heterocycles. The van der Waals surface area contributed by atoms with Crippen molar-refractivity contribution in [3.63, 3.8) is 0 Å². The van der Waals surface area contributed by atoms with Crippen molar-refractivity contribution < 1.29 is 0 Å². The lowest BCUT2D eigenvalue weighted by Crippen LogP contribution is -2.21. The minimum atomic E-state index is -0.0483. The molecule has 0 fully saturated rings. The van der Waals surface area contributed by atoms with Gasteiger partial charge in [0.1, 0.15) is 5.82 Å². The van der Waals surface area contributed by atoms with Crippen LogP contribution in [0.3, 0.4) is 0 Å². The maximum Gasteiger partial charge on any atom is 0.253 e. The molecule has 2 aromatic rings. The van der Waals surface area contributed by atoms with Gasteiger partial charge in [-0.1, -0.05) is 0 Å². The molecule has 6 nitrogen and oxygen atoms in total. The molecule has 0 aliphatic carbocycles. The number of hydrogen-bond donors (Lipinski definition) is 1. The van der Waals surface area contributed by atoms with Crippen molar-refractivity contribution in [1.29, 1.82) is 0 Å². The molecule has 0 atom stereocenters. The third-order valence-corrected chi connectivity index (χ3v) is 2.93. The lowest BCUT2D eigenvalue weighted by molar-refractivity contribution is 0.727. The number of nitrogens with zero attached hydrogens (tertiary/aromatic N) is 4. The van der Waals surface area contributed by atoms with Crippen molar-refractivity contribution >= 4 is 5.82 Å². The lowest BCUT2D eigenvalue weighted by Gasteiger charge is -2.08. The molecule has 2 heterocycles. The number of aromatic nitrogens is 4.